The molecule has 304 valence electrons. The molecular weight excluding hydrogens is 698 g/mol. The number of nitrogens with one attached hydrogen (secondary N) is 2. The van der Waals surface area contributed by atoms with Crippen molar-refractivity contribution in [1.29, 1.82) is 0 Å². The molecule has 54 heavy (non-hydrogen) atoms. The van der Waals surface area contributed by atoms with E-state index in [0.717, 1.165) is 62.6 Å². The van der Waals surface area contributed by atoms with E-state index in [9.17, 15) is 30.0 Å². The fourth-order valence-electron chi connectivity index (χ4n) is 9.45. The molecule has 7 atom stereocenters. The Kier molecular flexibility index (Phi) is 15.6. The predicted molar refractivity (Wildman–Crippen MR) is 201 cm³/mol. The number of carbonyl (C=O) groups excluding carboxylic acids is 2. The van der Waals surface area contributed by atoms with Gasteiger partial charge in [-0.1, -0.05) is 31.2 Å². The van der Waals surface area contributed by atoms with E-state index in [4.69, 9.17) is 19.3 Å². The van der Waals surface area contributed by atoms with Gasteiger partial charge in [0.05, 0.1) is 50.7 Å². The highest BCUT2D eigenvalue weighted by molar-refractivity contribution is 5.83. The standard InChI is InChI=1S/C39H63N5O10/c1-3-43(24-32(46)35(49)36(50)33(47)25-45)23-28-8-6-27(7-9-28)20-41-37(51)53-13-11-52-12-14-54-39-18-29-15-30(19-39)17-38(16-29,26-39)42-22-34(48)44-10-4-5-31(44)21-40-2/h6-9,21,29-33,35-36,42,45-47,49-50H,3-5,10-20,22-26H2,1-2H3,(H,41,51)/t29?,30?,31-,32-,33+,35+,36+,38?,39?/m0/s1. The summed E-state index contributed by atoms with van der Waals surface area (Å²) in [4.78, 5) is 33.4. The van der Waals surface area contributed by atoms with E-state index in [1.165, 1.54) is 6.42 Å². The molecule has 1 saturated heterocycles. The summed E-state index contributed by atoms with van der Waals surface area (Å²) in [7, 11) is 1.76. The molecule has 4 saturated carbocycles. The summed E-state index contributed by atoms with van der Waals surface area (Å²) in [6.45, 7) is 4.96. The van der Waals surface area contributed by atoms with Crippen molar-refractivity contribution in [3.63, 3.8) is 0 Å². The van der Waals surface area contributed by atoms with Crippen LogP contribution in [0, 0.1) is 11.8 Å². The molecule has 0 radical (unpaired) electrons. The van der Waals surface area contributed by atoms with E-state index in [2.05, 4.69) is 15.6 Å². The van der Waals surface area contributed by atoms with Crippen LogP contribution in [0.25, 0.3) is 0 Å². The van der Waals surface area contributed by atoms with Gasteiger partial charge < -0.3 is 55.3 Å². The molecule has 1 heterocycles. The summed E-state index contributed by atoms with van der Waals surface area (Å²) in [6, 6.07) is 7.69. The molecule has 7 N–H and O–H groups in total. The first-order chi connectivity index (χ1) is 26.0. The van der Waals surface area contributed by atoms with Crippen LogP contribution in [-0.4, -0.2) is 161 Å². The van der Waals surface area contributed by atoms with Gasteiger partial charge >= 0.3 is 6.09 Å². The second-order valence-electron chi connectivity index (χ2n) is 15.9. The number of hydrogen-bond donors (Lipinski definition) is 7. The number of alkyl carbamates (subject to hydrolysis) is 1. The third-order valence-electron chi connectivity index (χ3n) is 11.7. The van der Waals surface area contributed by atoms with Crippen molar-refractivity contribution in [3.05, 3.63) is 35.4 Å². The summed E-state index contributed by atoms with van der Waals surface area (Å²) in [5.41, 5.74) is 1.59. The number of aliphatic hydroxyl groups excluding tert-OH is 5. The lowest BCUT2D eigenvalue weighted by Gasteiger charge is -2.62. The fraction of sp³-hybridized carbons (Fsp3) is 0.769. The number of ether oxygens (including phenoxy) is 3. The van der Waals surface area contributed by atoms with Crippen LogP contribution in [-0.2, 0) is 32.1 Å². The highest BCUT2D eigenvalue weighted by Crippen LogP contribution is 2.58. The molecule has 1 aromatic rings. The Morgan fingerprint density at radius 3 is 2.37 bits per heavy atom. The van der Waals surface area contributed by atoms with Crippen LogP contribution in [0.4, 0.5) is 4.79 Å². The summed E-state index contributed by atoms with van der Waals surface area (Å²) in [5, 5.41) is 55.3. The van der Waals surface area contributed by atoms with Gasteiger partial charge in [0, 0.05) is 45.0 Å². The Balaban J connectivity index is 0.946. The van der Waals surface area contributed by atoms with Crippen molar-refractivity contribution < 1.29 is 49.3 Å². The number of likely N-dealkylation sites (tertiary alicyclic amines) is 1. The average molecular weight is 762 g/mol. The summed E-state index contributed by atoms with van der Waals surface area (Å²) in [6.07, 6.45) is 3.71. The number of aliphatic hydroxyl groups is 5. The van der Waals surface area contributed by atoms with Crippen molar-refractivity contribution in [2.24, 2.45) is 16.8 Å². The molecule has 15 nitrogen and oxygen atoms in total. The van der Waals surface area contributed by atoms with Crippen LogP contribution >= 0.6 is 0 Å². The Morgan fingerprint density at radius 2 is 1.69 bits per heavy atom. The SMILES string of the molecule is CCN(Cc1ccc(CNC(=O)OCCOCCOC23CC4CC(CC(NCC(=O)N5CCC[C@H]5C=NC)(C4)C2)C3)cc1)C[C@H](O)[C@@H](O)[C@H](O)[C@H](O)CO. The van der Waals surface area contributed by atoms with Gasteiger partial charge in [-0.15, -0.1) is 0 Å². The Labute approximate surface area is 319 Å². The van der Waals surface area contributed by atoms with Crippen LogP contribution < -0.4 is 10.6 Å². The quantitative estimate of drug-likeness (QED) is 0.0641. The number of likely N-dealkylation sites (N-methyl/N-ethyl adjacent to an activating group) is 1. The lowest BCUT2D eigenvalue weighted by atomic mass is 9.51. The van der Waals surface area contributed by atoms with Crippen molar-refractivity contribution in [3.8, 4) is 0 Å². The third kappa shape index (κ3) is 11.4. The summed E-state index contributed by atoms with van der Waals surface area (Å²) >= 11 is 0. The topological polar surface area (TPSA) is 206 Å². The Morgan fingerprint density at radius 1 is 1.00 bits per heavy atom. The van der Waals surface area contributed by atoms with Crippen LogP contribution in [0.1, 0.15) is 69.4 Å². The molecule has 0 aromatic heterocycles. The van der Waals surface area contributed by atoms with E-state index < -0.39 is 37.1 Å². The zero-order valence-electron chi connectivity index (χ0n) is 32.0. The maximum absolute atomic E-state index is 13.2. The van der Waals surface area contributed by atoms with Crippen LogP contribution in [0.2, 0.25) is 0 Å². The first-order valence-corrected chi connectivity index (χ1v) is 19.7. The zero-order valence-corrected chi connectivity index (χ0v) is 32.0. The summed E-state index contributed by atoms with van der Waals surface area (Å²) in [5.74, 6) is 1.38. The van der Waals surface area contributed by atoms with Crippen molar-refractivity contribution in [1.82, 2.24) is 20.4 Å². The Hall–Kier alpha value is -2.73. The zero-order chi connectivity index (χ0) is 38.7. The highest BCUT2D eigenvalue weighted by Gasteiger charge is 2.58. The lowest BCUT2D eigenvalue weighted by molar-refractivity contribution is -0.182. The molecule has 1 aromatic carbocycles. The van der Waals surface area contributed by atoms with E-state index in [-0.39, 0.29) is 49.4 Å². The van der Waals surface area contributed by atoms with Crippen LogP contribution in [0.3, 0.4) is 0 Å². The second kappa shape index (κ2) is 19.9. The number of aliphatic imine (C=N–C) groups is 1. The normalized spacial score (nSPS) is 28.4. The molecule has 4 aliphatic carbocycles. The molecule has 5 aliphatic rings. The average Bonchev–Trinajstić information content (AvgIpc) is 3.63. The van der Waals surface area contributed by atoms with Gasteiger partial charge in [-0.2, -0.15) is 0 Å². The maximum atomic E-state index is 13.2. The molecule has 2 unspecified atom stereocenters. The van der Waals surface area contributed by atoms with Gasteiger partial charge in [-0.05, 0) is 80.9 Å². The molecule has 2 amide bonds. The second-order valence-corrected chi connectivity index (χ2v) is 15.9. The van der Waals surface area contributed by atoms with Gasteiger partial charge in [0.1, 0.15) is 24.9 Å². The van der Waals surface area contributed by atoms with Crippen molar-refractivity contribution in [2.45, 2.75) is 113 Å². The van der Waals surface area contributed by atoms with Crippen molar-refractivity contribution in [2.75, 3.05) is 66.3 Å². The number of hydrogen-bond acceptors (Lipinski definition) is 13. The van der Waals surface area contributed by atoms with Gasteiger partial charge in [-0.3, -0.25) is 14.7 Å². The minimum Gasteiger partial charge on any atom is -0.447 e. The molecular formula is C39H63N5O10. The highest BCUT2D eigenvalue weighted by atomic mass is 16.6. The number of amides is 2. The number of rotatable bonds is 22. The smallest absolute Gasteiger partial charge is 0.407 e. The molecule has 6 rings (SSSR count). The van der Waals surface area contributed by atoms with Gasteiger partial charge in [-0.25, -0.2) is 4.79 Å². The monoisotopic (exact) mass is 761 g/mol. The Bertz CT molecular complexity index is 1350. The third-order valence-corrected chi connectivity index (χ3v) is 11.7. The molecule has 15 heteroatoms. The number of nitrogens with zero attached hydrogens (tertiary/aromatic N) is 3. The predicted octanol–water partition coefficient (Wildman–Crippen LogP) is 0.576. The van der Waals surface area contributed by atoms with E-state index in [0.29, 0.717) is 44.7 Å². The molecule has 4 bridgehead atoms. The van der Waals surface area contributed by atoms with E-state index in [1.807, 2.05) is 47.2 Å². The minimum atomic E-state index is -1.66. The first-order valence-electron chi connectivity index (χ1n) is 19.7. The van der Waals surface area contributed by atoms with Crippen molar-refractivity contribution >= 4 is 18.2 Å². The van der Waals surface area contributed by atoms with Crippen LogP contribution in [0.5, 0.6) is 0 Å². The first kappa shape index (κ1) is 42.4. The largest absolute Gasteiger partial charge is 0.447 e. The fourth-order valence-corrected chi connectivity index (χ4v) is 9.45. The lowest BCUT2D eigenvalue weighted by Crippen LogP contribution is -2.66. The van der Waals surface area contributed by atoms with E-state index in [1.54, 1.807) is 7.05 Å². The van der Waals surface area contributed by atoms with Gasteiger partial charge in [0.2, 0.25) is 5.91 Å². The minimum absolute atomic E-state index is 0.0517. The maximum Gasteiger partial charge on any atom is 0.407 e. The molecule has 1 aliphatic heterocycles. The molecule has 5 fully saturated rings. The van der Waals surface area contributed by atoms with Gasteiger partial charge in [0.25, 0.3) is 0 Å². The summed E-state index contributed by atoms with van der Waals surface area (Å²) < 4.78 is 17.6. The van der Waals surface area contributed by atoms with E-state index >= 15 is 0 Å². The molecule has 0 spiro atoms. The van der Waals surface area contributed by atoms with Crippen LogP contribution in [0.15, 0.2) is 29.3 Å². The van der Waals surface area contributed by atoms with Gasteiger partial charge in [0.15, 0.2) is 0 Å². The number of benzene rings is 1. The number of carbonyl (C=O) groups is 2.